The lowest BCUT2D eigenvalue weighted by molar-refractivity contribution is 0.0979. The fraction of sp³-hybridized carbons (Fsp3) is 0.167. The van der Waals surface area contributed by atoms with Gasteiger partial charge in [-0.1, -0.05) is 54.2 Å². The van der Waals surface area contributed by atoms with E-state index < -0.39 is 0 Å². The zero-order valence-corrected chi connectivity index (χ0v) is 13.1. The molecule has 114 valence electrons. The van der Waals surface area contributed by atoms with Crippen LogP contribution in [0.1, 0.15) is 22.3 Å². The maximum Gasteiger partial charge on any atom is 0.258 e. The summed E-state index contributed by atoms with van der Waals surface area (Å²) < 4.78 is 5.30. The minimum Gasteiger partial charge on any atom is -0.333 e. The molecule has 1 unspecified atom stereocenters. The molecule has 0 amide bonds. The van der Waals surface area contributed by atoms with Crippen LogP contribution in [0.5, 0.6) is 0 Å². The van der Waals surface area contributed by atoms with Crippen LogP contribution in [0, 0.1) is 0 Å². The SMILES string of the molecule is O=C1c2ccccc2CCC1Sc1noc(-c2ccccc2)n1. The second-order valence-electron chi connectivity index (χ2n) is 5.41. The Balaban J connectivity index is 1.54. The predicted octanol–water partition coefficient (Wildman–Crippen LogP) is 4.03. The first kappa shape index (κ1) is 14.2. The molecule has 0 radical (unpaired) electrons. The number of fused-ring (bicyclic) bond motifs is 1. The van der Waals surface area contributed by atoms with E-state index in [4.69, 9.17) is 4.52 Å². The van der Waals surface area contributed by atoms with Crippen molar-refractivity contribution in [2.75, 3.05) is 0 Å². The third-order valence-electron chi connectivity index (χ3n) is 3.93. The topological polar surface area (TPSA) is 56.0 Å². The van der Waals surface area contributed by atoms with Gasteiger partial charge in [-0.05, 0) is 35.7 Å². The van der Waals surface area contributed by atoms with Crippen LogP contribution in [-0.4, -0.2) is 21.2 Å². The number of nitrogens with zero attached hydrogens (tertiary/aromatic N) is 2. The number of carbonyl (C=O) groups excluding carboxylic acids is 1. The standard InChI is InChI=1S/C18H14N2O2S/c21-16-14-9-5-4-6-12(14)10-11-15(16)23-18-19-17(22-20-18)13-7-2-1-3-8-13/h1-9,15H,10-11H2. The second-order valence-corrected chi connectivity index (χ2v) is 6.58. The average molecular weight is 322 g/mol. The van der Waals surface area contributed by atoms with Gasteiger partial charge >= 0.3 is 0 Å². The van der Waals surface area contributed by atoms with E-state index in [9.17, 15) is 4.79 Å². The number of thioether (sulfide) groups is 1. The number of rotatable bonds is 3. The maximum absolute atomic E-state index is 12.6. The summed E-state index contributed by atoms with van der Waals surface area (Å²) in [4.78, 5) is 17.0. The molecule has 0 bridgehead atoms. The fourth-order valence-electron chi connectivity index (χ4n) is 2.77. The van der Waals surface area contributed by atoms with E-state index in [0.29, 0.717) is 11.0 Å². The van der Waals surface area contributed by atoms with Gasteiger partial charge in [0.05, 0.1) is 5.25 Å². The fourth-order valence-corrected chi connectivity index (χ4v) is 3.71. The molecule has 1 aliphatic rings. The third kappa shape index (κ3) is 2.80. The van der Waals surface area contributed by atoms with Gasteiger partial charge in [0.2, 0.25) is 5.16 Å². The number of hydrogen-bond acceptors (Lipinski definition) is 5. The molecule has 4 nitrogen and oxygen atoms in total. The van der Waals surface area contributed by atoms with E-state index in [0.717, 1.165) is 29.5 Å². The Hall–Kier alpha value is -2.40. The molecule has 0 saturated carbocycles. The molecule has 3 aromatic rings. The Labute approximate surface area is 137 Å². The van der Waals surface area contributed by atoms with Crippen LogP contribution < -0.4 is 0 Å². The maximum atomic E-state index is 12.6. The predicted molar refractivity (Wildman–Crippen MR) is 88.5 cm³/mol. The highest BCUT2D eigenvalue weighted by molar-refractivity contribution is 8.00. The molecule has 1 aliphatic carbocycles. The van der Waals surface area contributed by atoms with E-state index in [1.165, 1.54) is 11.8 Å². The van der Waals surface area contributed by atoms with Gasteiger partial charge in [-0.25, -0.2) is 0 Å². The zero-order valence-electron chi connectivity index (χ0n) is 12.3. The smallest absolute Gasteiger partial charge is 0.258 e. The van der Waals surface area contributed by atoms with Crippen LogP contribution in [0.3, 0.4) is 0 Å². The van der Waals surface area contributed by atoms with Gasteiger partial charge in [0.25, 0.3) is 5.89 Å². The quantitative estimate of drug-likeness (QED) is 0.729. The second kappa shape index (κ2) is 6.01. The molecule has 1 heterocycles. The highest BCUT2D eigenvalue weighted by atomic mass is 32.2. The highest BCUT2D eigenvalue weighted by Gasteiger charge is 2.29. The number of ketones is 1. The van der Waals surface area contributed by atoms with E-state index >= 15 is 0 Å². The minimum atomic E-state index is -0.147. The summed E-state index contributed by atoms with van der Waals surface area (Å²) in [6.45, 7) is 0. The van der Waals surface area contributed by atoms with Gasteiger partial charge in [0, 0.05) is 11.1 Å². The molecule has 0 aliphatic heterocycles. The molecular weight excluding hydrogens is 308 g/mol. The van der Waals surface area contributed by atoms with E-state index in [1.54, 1.807) is 0 Å². The van der Waals surface area contributed by atoms with Crippen LogP contribution in [-0.2, 0) is 6.42 Å². The molecule has 5 heteroatoms. The molecule has 0 fully saturated rings. The van der Waals surface area contributed by atoms with Gasteiger partial charge in [-0.15, -0.1) is 0 Å². The summed E-state index contributed by atoms with van der Waals surface area (Å²) in [6, 6.07) is 17.4. The van der Waals surface area contributed by atoms with Crippen molar-refractivity contribution in [3.8, 4) is 11.5 Å². The lowest BCUT2D eigenvalue weighted by atomic mass is 9.90. The van der Waals surface area contributed by atoms with Crippen molar-refractivity contribution < 1.29 is 9.32 Å². The Bertz CT molecular complexity index is 845. The monoisotopic (exact) mass is 322 g/mol. The minimum absolute atomic E-state index is 0.147. The van der Waals surface area contributed by atoms with E-state index in [2.05, 4.69) is 10.1 Å². The Morgan fingerprint density at radius 2 is 1.83 bits per heavy atom. The van der Waals surface area contributed by atoms with Crippen molar-refractivity contribution in [3.63, 3.8) is 0 Å². The molecule has 2 aromatic carbocycles. The number of Topliss-reactive ketones (excluding diaryl/α,β-unsaturated/α-hetero) is 1. The summed E-state index contributed by atoms with van der Waals surface area (Å²) in [5, 5.41) is 4.37. The number of aryl methyl sites for hydroxylation is 1. The lowest BCUT2D eigenvalue weighted by Crippen LogP contribution is -2.24. The third-order valence-corrected chi connectivity index (χ3v) is 5.04. The Morgan fingerprint density at radius 3 is 2.70 bits per heavy atom. The molecule has 0 N–H and O–H groups in total. The lowest BCUT2D eigenvalue weighted by Gasteiger charge is -2.21. The summed E-state index contributed by atoms with van der Waals surface area (Å²) in [6.07, 6.45) is 1.71. The Morgan fingerprint density at radius 1 is 1.04 bits per heavy atom. The van der Waals surface area contributed by atoms with E-state index in [1.807, 2.05) is 54.6 Å². The average Bonchev–Trinajstić information content (AvgIpc) is 3.07. The molecule has 1 aromatic heterocycles. The van der Waals surface area contributed by atoms with Crippen molar-refractivity contribution in [1.29, 1.82) is 0 Å². The molecule has 4 rings (SSSR count). The number of benzene rings is 2. The van der Waals surface area contributed by atoms with Crippen LogP contribution in [0.4, 0.5) is 0 Å². The van der Waals surface area contributed by atoms with Crippen LogP contribution in [0.15, 0.2) is 64.3 Å². The van der Waals surface area contributed by atoms with Gasteiger partial charge in [0.1, 0.15) is 0 Å². The van der Waals surface area contributed by atoms with E-state index in [-0.39, 0.29) is 11.0 Å². The molecule has 0 spiro atoms. The van der Waals surface area contributed by atoms with Gasteiger partial charge in [-0.3, -0.25) is 4.79 Å². The molecular formula is C18H14N2O2S. The van der Waals surface area contributed by atoms with Crippen molar-refractivity contribution in [2.45, 2.75) is 23.2 Å². The number of hydrogen-bond donors (Lipinski definition) is 0. The molecule has 23 heavy (non-hydrogen) atoms. The largest absolute Gasteiger partial charge is 0.333 e. The van der Waals surface area contributed by atoms with Crippen LogP contribution >= 0.6 is 11.8 Å². The summed E-state index contributed by atoms with van der Waals surface area (Å²) in [5.41, 5.74) is 2.84. The summed E-state index contributed by atoms with van der Waals surface area (Å²) in [5.74, 6) is 0.639. The van der Waals surface area contributed by atoms with Gasteiger partial charge in [-0.2, -0.15) is 4.98 Å². The van der Waals surface area contributed by atoms with Crippen LogP contribution in [0.2, 0.25) is 0 Å². The Kier molecular flexibility index (Phi) is 3.71. The van der Waals surface area contributed by atoms with Gasteiger partial charge < -0.3 is 4.52 Å². The first-order valence-corrected chi connectivity index (χ1v) is 8.37. The number of aromatic nitrogens is 2. The molecule has 1 atom stereocenters. The van der Waals surface area contributed by atoms with Crippen molar-refractivity contribution in [2.24, 2.45) is 0 Å². The first-order chi connectivity index (χ1) is 11.3. The van der Waals surface area contributed by atoms with Crippen molar-refractivity contribution >= 4 is 17.5 Å². The molecule has 0 saturated heterocycles. The van der Waals surface area contributed by atoms with Crippen LogP contribution in [0.25, 0.3) is 11.5 Å². The highest BCUT2D eigenvalue weighted by Crippen LogP contribution is 2.33. The van der Waals surface area contributed by atoms with Crippen molar-refractivity contribution in [1.82, 2.24) is 10.1 Å². The summed E-state index contributed by atoms with van der Waals surface area (Å²) >= 11 is 1.39. The number of carbonyl (C=O) groups is 1. The first-order valence-electron chi connectivity index (χ1n) is 7.49. The summed E-state index contributed by atoms with van der Waals surface area (Å²) in [7, 11) is 0. The normalized spacial score (nSPS) is 17.0. The zero-order chi connectivity index (χ0) is 15.6. The van der Waals surface area contributed by atoms with Crippen molar-refractivity contribution in [3.05, 3.63) is 65.7 Å². The van der Waals surface area contributed by atoms with Gasteiger partial charge in [0.15, 0.2) is 5.78 Å².